The third kappa shape index (κ3) is 5.44. The largest absolute Gasteiger partial charge is 0.491 e. The van der Waals surface area contributed by atoms with Crippen LogP contribution in [-0.2, 0) is 14.8 Å². The fourth-order valence-electron chi connectivity index (χ4n) is 3.06. The smallest absolute Gasteiger partial charge is 0.241 e. The summed E-state index contributed by atoms with van der Waals surface area (Å²) in [6.45, 7) is 6.37. The standard InChI is InChI=1S/C18H28N2O4S/c1-4-15-7-5-6-12-20(15)18(21)13-19-25(22,23)17-10-8-16(9-11-17)24-14(2)3/h8-11,14-15,19H,4-7,12-13H2,1-3H3. The first-order chi connectivity index (χ1) is 11.8. The summed E-state index contributed by atoms with van der Waals surface area (Å²) in [5, 5.41) is 0. The molecule has 0 spiro atoms. The number of ether oxygens (including phenoxy) is 1. The van der Waals surface area contributed by atoms with E-state index >= 15 is 0 Å². The Kier molecular flexibility index (Phi) is 6.84. The second-order valence-electron chi connectivity index (χ2n) is 6.61. The maximum atomic E-state index is 12.4. The van der Waals surface area contributed by atoms with Gasteiger partial charge in [-0.05, 0) is 63.8 Å². The summed E-state index contributed by atoms with van der Waals surface area (Å²) in [4.78, 5) is 14.3. The van der Waals surface area contributed by atoms with E-state index in [2.05, 4.69) is 11.6 Å². The molecule has 1 atom stereocenters. The van der Waals surface area contributed by atoms with Gasteiger partial charge in [0.1, 0.15) is 5.75 Å². The zero-order valence-electron chi connectivity index (χ0n) is 15.2. The fourth-order valence-corrected chi connectivity index (χ4v) is 4.04. The van der Waals surface area contributed by atoms with E-state index in [1.807, 2.05) is 18.7 Å². The topological polar surface area (TPSA) is 75.7 Å². The Balaban J connectivity index is 1.97. The van der Waals surface area contributed by atoms with Crippen LogP contribution in [0.15, 0.2) is 29.2 Å². The van der Waals surface area contributed by atoms with Crippen molar-refractivity contribution in [3.05, 3.63) is 24.3 Å². The molecule has 1 aromatic carbocycles. The maximum absolute atomic E-state index is 12.4. The van der Waals surface area contributed by atoms with E-state index in [9.17, 15) is 13.2 Å². The van der Waals surface area contributed by atoms with Crippen LogP contribution in [0, 0.1) is 0 Å². The van der Waals surface area contributed by atoms with Gasteiger partial charge in [0.2, 0.25) is 15.9 Å². The molecule has 1 aliphatic heterocycles. The maximum Gasteiger partial charge on any atom is 0.241 e. The van der Waals surface area contributed by atoms with Crippen molar-refractivity contribution in [1.82, 2.24) is 9.62 Å². The number of amides is 1. The van der Waals surface area contributed by atoms with Gasteiger partial charge in [-0.3, -0.25) is 4.79 Å². The van der Waals surface area contributed by atoms with Crippen LogP contribution in [0.25, 0.3) is 0 Å². The van der Waals surface area contributed by atoms with Gasteiger partial charge < -0.3 is 9.64 Å². The summed E-state index contributed by atoms with van der Waals surface area (Å²) in [6.07, 6.45) is 4.02. The van der Waals surface area contributed by atoms with Gasteiger partial charge in [-0.15, -0.1) is 0 Å². The summed E-state index contributed by atoms with van der Waals surface area (Å²) in [7, 11) is -3.72. The lowest BCUT2D eigenvalue weighted by Gasteiger charge is -2.35. The van der Waals surface area contributed by atoms with E-state index in [1.54, 1.807) is 12.1 Å². The Morgan fingerprint density at radius 2 is 1.96 bits per heavy atom. The van der Waals surface area contributed by atoms with Crippen LogP contribution in [0.3, 0.4) is 0 Å². The summed E-state index contributed by atoms with van der Waals surface area (Å²) in [5.74, 6) is 0.457. The molecule has 1 saturated heterocycles. The van der Waals surface area contributed by atoms with Crippen LogP contribution in [-0.4, -0.2) is 44.5 Å². The van der Waals surface area contributed by atoms with Crippen LogP contribution < -0.4 is 9.46 Å². The van der Waals surface area contributed by atoms with Crippen molar-refractivity contribution < 1.29 is 17.9 Å². The van der Waals surface area contributed by atoms with Crippen molar-refractivity contribution in [3.63, 3.8) is 0 Å². The summed E-state index contributed by atoms with van der Waals surface area (Å²) >= 11 is 0. The van der Waals surface area contributed by atoms with E-state index in [1.165, 1.54) is 12.1 Å². The number of sulfonamides is 1. The lowest BCUT2D eigenvalue weighted by Crippen LogP contribution is -2.47. The van der Waals surface area contributed by atoms with Gasteiger partial charge >= 0.3 is 0 Å². The molecule has 1 fully saturated rings. The molecule has 7 heteroatoms. The zero-order valence-corrected chi connectivity index (χ0v) is 16.0. The average Bonchev–Trinajstić information content (AvgIpc) is 2.59. The average molecular weight is 368 g/mol. The minimum absolute atomic E-state index is 0.0225. The molecular weight excluding hydrogens is 340 g/mol. The van der Waals surface area contributed by atoms with Gasteiger partial charge in [0.05, 0.1) is 17.5 Å². The van der Waals surface area contributed by atoms with Gasteiger partial charge in [-0.2, -0.15) is 0 Å². The number of rotatable bonds is 7. The van der Waals surface area contributed by atoms with Crippen LogP contribution in [0.5, 0.6) is 5.75 Å². The minimum Gasteiger partial charge on any atom is -0.491 e. The van der Waals surface area contributed by atoms with E-state index < -0.39 is 10.0 Å². The molecule has 0 aromatic heterocycles. The minimum atomic E-state index is -3.72. The monoisotopic (exact) mass is 368 g/mol. The van der Waals surface area contributed by atoms with E-state index in [0.717, 1.165) is 25.7 Å². The van der Waals surface area contributed by atoms with Crippen molar-refractivity contribution in [2.75, 3.05) is 13.1 Å². The van der Waals surface area contributed by atoms with Gasteiger partial charge in [0.25, 0.3) is 0 Å². The van der Waals surface area contributed by atoms with Crippen molar-refractivity contribution in [3.8, 4) is 5.75 Å². The van der Waals surface area contributed by atoms with Crippen molar-refractivity contribution in [2.24, 2.45) is 0 Å². The SMILES string of the molecule is CCC1CCCCN1C(=O)CNS(=O)(=O)c1ccc(OC(C)C)cc1. The molecule has 1 aromatic rings. The summed E-state index contributed by atoms with van der Waals surface area (Å²) < 4.78 is 32.7. The normalized spacial score (nSPS) is 18.4. The highest BCUT2D eigenvalue weighted by Crippen LogP contribution is 2.20. The molecule has 0 aliphatic carbocycles. The molecule has 0 bridgehead atoms. The second-order valence-corrected chi connectivity index (χ2v) is 8.37. The Morgan fingerprint density at radius 1 is 1.28 bits per heavy atom. The van der Waals surface area contributed by atoms with Crippen LogP contribution in [0.4, 0.5) is 0 Å². The van der Waals surface area contributed by atoms with Crippen molar-refractivity contribution >= 4 is 15.9 Å². The molecule has 1 aliphatic rings. The van der Waals surface area contributed by atoms with Crippen molar-refractivity contribution in [1.29, 1.82) is 0 Å². The highest BCUT2D eigenvalue weighted by molar-refractivity contribution is 7.89. The number of nitrogens with one attached hydrogen (secondary N) is 1. The molecule has 1 heterocycles. The first kappa shape index (κ1) is 19.7. The zero-order chi connectivity index (χ0) is 18.4. The summed E-state index contributed by atoms with van der Waals surface area (Å²) in [5.41, 5.74) is 0. The number of nitrogens with zero attached hydrogens (tertiary/aromatic N) is 1. The second kappa shape index (κ2) is 8.67. The molecule has 0 radical (unpaired) electrons. The van der Waals surface area contributed by atoms with E-state index in [4.69, 9.17) is 4.74 Å². The van der Waals surface area contributed by atoms with Crippen LogP contribution >= 0.6 is 0 Å². The number of hydrogen-bond donors (Lipinski definition) is 1. The molecule has 1 unspecified atom stereocenters. The first-order valence-corrected chi connectivity index (χ1v) is 10.4. The third-order valence-electron chi connectivity index (χ3n) is 4.34. The van der Waals surface area contributed by atoms with Gasteiger partial charge in [0.15, 0.2) is 0 Å². The first-order valence-electron chi connectivity index (χ1n) is 8.89. The molecule has 1 N–H and O–H groups in total. The number of piperidine rings is 1. The van der Waals surface area contributed by atoms with Crippen LogP contribution in [0.2, 0.25) is 0 Å². The Bertz CT molecular complexity index is 671. The lowest BCUT2D eigenvalue weighted by molar-refractivity contribution is -0.133. The van der Waals surface area contributed by atoms with E-state index in [0.29, 0.717) is 12.3 Å². The highest BCUT2D eigenvalue weighted by atomic mass is 32.2. The third-order valence-corrected chi connectivity index (χ3v) is 5.76. The lowest BCUT2D eigenvalue weighted by atomic mass is 10.00. The number of hydrogen-bond acceptors (Lipinski definition) is 4. The number of benzene rings is 1. The van der Waals surface area contributed by atoms with Gasteiger partial charge in [0, 0.05) is 12.6 Å². The Hall–Kier alpha value is -1.60. The van der Waals surface area contributed by atoms with E-state index in [-0.39, 0.29) is 29.5 Å². The number of carbonyl (C=O) groups excluding carboxylic acids is 1. The fraction of sp³-hybridized carbons (Fsp3) is 0.611. The molecule has 1 amide bonds. The molecule has 2 rings (SSSR count). The molecule has 6 nitrogen and oxygen atoms in total. The number of carbonyl (C=O) groups is 1. The van der Waals surface area contributed by atoms with Gasteiger partial charge in [-0.1, -0.05) is 6.92 Å². The number of likely N-dealkylation sites (tertiary alicyclic amines) is 1. The predicted octanol–water partition coefficient (Wildman–Crippen LogP) is 2.54. The molecular formula is C18H28N2O4S. The molecule has 25 heavy (non-hydrogen) atoms. The van der Waals surface area contributed by atoms with Crippen molar-refractivity contribution in [2.45, 2.75) is 63.5 Å². The molecule has 0 saturated carbocycles. The molecule has 140 valence electrons. The quantitative estimate of drug-likeness (QED) is 0.802. The Labute approximate surface area is 150 Å². The van der Waals surface area contributed by atoms with Crippen LogP contribution in [0.1, 0.15) is 46.5 Å². The predicted molar refractivity (Wildman–Crippen MR) is 97.0 cm³/mol. The highest BCUT2D eigenvalue weighted by Gasteiger charge is 2.26. The van der Waals surface area contributed by atoms with Gasteiger partial charge in [-0.25, -0.2) is 13.1 Å². The Morgan fingerprint density at radius 3 is 2.56 bits per heavy atom. The summed E-state index contributed by atoms with van der Waals surface area (Å²) in [6, 6.07) is 6.43.